The third-order valence-corrected chi connectivity index (χ3v) is 3.02. The van der Waals surface area contributed by atoms with Crippen molar-refractivity contribution in [2.24, 2.45) is 0 Å². The van der Waals surface area contributed by atoms with Gasteiger partial charge in [-0.3, -0.25) is 4.79 Å². The molecule has 1 aromatic carbocycles. The van der Waals surface area contributed by atoms with E-state index in [1.807, 2.05) is 12.1 Å². The molecule has 1 aliphatic rings. The summed E-state index contributed by atoms with van der Waals surface area (Å²) in [4.78, 5) is 11.5. The Kier molecular flexibility index (Phi) is 4.98. The van der Waals surface area contributed by atoms with Crippen LogP contribution in [0.4, 0.5) is 0 Å². The van der Waals surface area contributed by atoms with Crippen molar-refractivity contribution in [1.29, 1.82) is 0 Å². The first kappa shape index (κ1) is 13.6. The maximum atomic E-state index is 11.5. The van der Waals surface area contributed by atoms with E-state index in [-0.39, 0.29) is 12.5 Å². The van der Waals surface area contributed by atoms with Crippen LogP contribution in [0.25, 0.3) is 6.08 Å². The number of amides is 1. The first-order chi connectivity index (χ1) is 9.29. The molecule has 1 aromatic rings. The average Bonchev–Trinajstić information content (AvgIpc) is 2.89. The standard InChI is InChI=1S/C15H19NO3/c17-9-2-1-8-16-15(18)6-4-12-3-5-14-13(11-12)7-10-19-14/h3-6,11,17H,1-2,7-10H2,(H,16,18)/b6-4+. The quantitative estimate of drug-likeness (QED) is 0.603. The van der Waals surface area contributed by atoms with Crippen LogP contribution >= 0.6 is 0 Å². The summed E-state index contributed by atoms with van der Waals surface area (Å²) in [7, 11) is 0. The fraction of sp³-hybridized carbons (Fsp3) is 0.400. The number of carbonyl (C=O) groups is 1. The van der Waals surface area contributed by atoms with Gasteiger partial charge in [-0.25, -0.2) is 0 Å². The van der Waals surface area contributed by atoms with Crippen LogP contribution in [0.1, 0.15) is 24.0 Å². The topological polar surface area (TPSA) is 58.6 Å². The summed E-state index contributed by atoms with van der Waals surface area (Å²) in [5.74, 6) is 0.847. The third kappa shape index (κ3) is 4.10. The molecule has 1 aliphatic heterocycles. The van der Waals surface area contributed by atoms with E-state index >= 15 is 0 Å². The SMILES string of the molecule is O=C(/C=C/c1ccc2c(c1)CCO2)NCCCCO. The summed E-state index contributed by atoms with van der Waals surface area (Å²) in [5, 5.41) is 11.4. The molecule has 2 N–H and O–H groups in total. The Bertz CT molecular complexity index is 468. The smallest absolute Gasteiger partial charge is 0.243 e. The summed E-state index contributed by atoms with van der Waals surface area (Å²) in [6.07, 6.45) is 5.79. The molecule has 0 radical (unpaired) electrons. The Hall–Kier alpha value is -1.81. The van der Waals surface area contributed by atoms with Gasteiger partial charge in [-0.1, -0.05) is 6.07 Å². The summed E-state index contributed by atoms with van der Waals surface area (Å²) in [6, 6.07) is 5.94. The number of ether oxygens (including phenoxy) is 1. The molecule has 0 aliphatic carbocycles. The minimum absolute atomic E-state index is 0.102. The monoisotopic (exact) mass is 261 g/mol. The Labute approximate surface area is 113 Å². The Morgan fingerprint density at radius 2 is 2.32 bits per heavy atom. The molecule has 0 aromatic heterocycles. The van der Waals surface area contributed by atoms with Crippen LogP contribution < -0.4 is 10.1 Å². The zero-order chi connectivity index (χ0) is 13.5. The molecule has 0 atom stereocenters. The van der Waals surface area contributed by atoms with Crippen molar-refractivity contribution in [3.8, 4) is 5.75 Å². The van der Waals surface area contributed by atoms with Gasteiger partial charge in [0.15, 0.2) is 0 Å². The summed E-state index contributed by atoms with van der Waals surface area (Å²) in [6.45, 7) is 1.51. The number of carbonyl (C=O) groups excluding carboxylic acids is 1. The van der Waals surface area contributed by atoms with Crippen molar-refractivity contribution < 1.29 is 14.6 Å². The fourth-order valence-electron chi connectivity index (χ4n) is 1.99. The number of hydrogen-bond donors (Lipinski definition) is 2. The van der Waals surface area contributed by atoms with Gasteiger partial charge in [0.2, 0.25) is 5.91 Å². The molecule has 4 nitrogen and oxygen atoms in total. The van der Waals surface area contributed by atoms with Crippen LogP contribution in [-0.2, 0) is 11.2 Å². The maximum Gasteiger partial charge on any atom is 0.243 e. The molecule has 0 bridgehead atoms. The lowest BCUT2D eigenvalue weighted by Gasteiger charge is -2.01. The van der Waals surface area contributed by atoms with E-state index in [0.29, 0.717) is 6.54 Å². The van der Waals surface area contributed by atoms with E-state index < -0.39 is 0 Å². The summed E-state index contributed by atoms with van der Waals surface area (Å²) >= 11 is 0. The lowest BCUT2D eigenvalue weighted by Crippen LogP contribution is -2.22. The van der Waals surface area contributed by atoms with Gasteiger partial charge in [0.25, 0.3) is 0 Å². The molecule has 0 unspecified atom stereocenters. The van der Waals surface area contributed by atoms with Gasteiger partial charge in [0.1, 0.15) is 5.75 Å². The molecule has 2 rings (SSSR count). The van der Waals surface area contributed by atoms with E-state index in [4.69, 9.17) is 9.84 Å². The Morgan fingerprint density at radius 1 is 1.42 bits per heavy atom. The van der Waals surface area contributed by atoms with Gasteiger partial charge in [-0.15, -0.1) is 0 Å². The van der Waals surface area contributed by atoms with Gasteiger partial charge in [0, 0.05) is 25.6 Å². The molecule has 0 fully saturated rings. The number of aliphatic hydroxyl groups is 1. The number of aliphatic hydroxyl groups excluding tert-OH is 1. The van der Waals surface area contributed by atoms with Crippen molar-refractivity contribution in [1.82, 2.24) is 5.32 Å². The summed E-state index contributed by atoms with van der Waals surface area (Å²) in [5.41, 5.74) is 2.21. The highest BCUT2D eigenvalue weighted by atomic mass is 16.5. The molecule has 19 heavy (non-hydrogen) atoms. The second-order valence-electron chi connectivity index (χ2n) is 4.52. The van der Waals surface area contributed by atoms with Gasteiger partial charge in [-0.2, -0.15) is 0 Å². The second kappa shape index (κ2) is 6.95. The molecular formula is C15H19NO3. The van der Waals surface area contributed by atoms with Crippen molar-refractivity contribution in [3.63, 3.8) is 0 Å². The number of benzene rings is 1. The molecule has 102 valence electrons. The summed E-state index contributed by atoms with van der Waals surface area (Å²) < 4.78 is 5.43. The van der Waals surface area contributed by atoms with Crippen LogP contribution in [0.15, 0.2) is 24.3 Å². The number of nitrogens with one attached hydrogen (secondary N) is 1. The number of fused-ring (bicyclic) bond motifs is 1. The zero-order valence-corrected chi connectivity index (χ0v) is 10.9. The van der Waals surface area contributed by atoms with E-state index in [1.54, 1.807) is 6.08 Å². The Morgan fingerprint density at radius 3 is 3.16 bits per heavy atom. The number of unbranched alkanes of at least 4 members (excludes halogenated alkanes) is 1. The van der Waals surface area contributed by atoms with Gasteiger partial charge < -0.3 is 15.2 Å². The number of hydrogen-bond acceptors (Lipinski definition) is 3. The average molecular weight is 261 g/mol. The van der Waals surface area contributed by atoms with E-state index in [0.717, 1.165) is 37.2 Å². The van der Waals surface area contributed by atoms with Crippen LogP contribution in [0.3, 0.4) is 0 Å². The van der Waals surface area contributed by atoms with Gasteiger partial charge >= 0.3 is 0 Å². The molecule has 0 spiro atoms. The highest BCUT2D eigenvalue weighted by Crippen LogP contribution is 2.26. The zero-order valence-electron chi connectivity index (χ0n) is 10.9. The van der Waals surface area contributed by atoms with Crippen molar-refractivity contribution in [3.05, 3.63) is 35.4 Å². The fourth-order valence-corrected chi connectivity index (χ4v) is 1.99. The van der Waals surface area contributed by atoms with Crippen molar-refractivity contribution in [2.45, 2.75) is 19.3 Å². The maximum absolute atomic E-state index is 11.5. The third-order valence-electron chi connectivity index (χ3n) is 3.02. The van der Waals surface area contributed by atoms with Gasteiger partial charge in [0.05, 0.1) is 6.61 Å². The predicted molar refractivity (Wildman–Crippen MR) is 74.0 cm³/mol. The molecule has 4 heteroatoms. The second-order valence-corrected chi connectivity index (χ2v) is 4.52. The van der Waals surface area contributed by atoms with Crippen LogP contribution in [0.2, 0.25) is 0 Å². The van der Waals surface area contributed by atoms with Crippen LogP contribution in [0, 0.1) is 0 Å². The largest absolute Gasteiger partial charge is 0.493 e. The first-order valence-electron chi connectivity index (χ1n) is 6.62. The van der Waals surface area contributed by atoms with E-state index in [2.05, 4.69) is 11.4 Å². The Balaban J connectivity index is 1.83. The molecule has 1 heterocycles. The number of rotatable bonds is 6. The predicted octanol–water partition coefficient (Wildman–Crippen LogP) is 1.52. The minimum atomic E-state index is -0.102. The van der Waals surface area contributed by atoms with Crippen LogP contribution in [0.5, 0.6) is 5.75 Å². The van der Waals surface area contributed by atoms with Crippen LogP contribution in [-0.4, -0.2) is 30.8 Å². The highest BCUT2D eigenvalue weighted by molar-refractivity contribution is 5.91. The molecular weight excluding hydrogens is 242 g/mol. The van der Waals surface area contributed by atoms with Crippen molar-refractivity contribution in [2.75, 3.05) is 19.8 Å². The minimum Gasteiger partial charge on any atom is -0.493 e. The lowest BCUT2D eigenvalue weighted by molar-refractivity contribution is -0.116. The van der Waals surface area contributed by atoms with Gasteiger partial charge in [-0.05, 0) is 42.2 Å². The highest BCUT2D eigenvalue weighted by Gasteiger charge is 2.10. The molecule has 1 amide bonds. The molecule has 0 saturated carbocycles. The van der Waals surface area contributed by atoms with E-state index in [1.165, 1.54) is 11.6 Å². The molecule has 0 saturated heterocycles. The normalized spacial score (nSPS) is 13.3. The first-order valence-corrected chi connectivity index (χ1v) is 6.62. The van der Waals surface area contributed by atoms with E-state index in [9.17, 15) is 4.79 Å². The lowest BCUT2D eigenvalue weighted by atomic mass is 10.1. The van der Waals surface area contributed by atoms with Crippen molar-refractivity contribution >= 4 is 12.0 Å².